The van der Waals surface area contributed by atoms with Gasteiger partial charge in [-0.25, -0.2) is 0 Å². The molecule has 1 unspecified atom stereocenters. The molecule has 0 saturated heterocycles. The van der Waals surface area contributed by atoms with E-state index in [-0.39, 0.29) is 18.4 Å². The Morgan fingerprint density at radius 3 is 2.29 bits per heavy atom. The number of halogens is 3. The van der Waals surface area contributed by atoms with Crippen LogP contribution in [0.15, 0.2) is 48.8 Å². The Balaban J connectivity index is 2.46. The van der Waals surface area contributed by atoms with Crippen LogP contribution in [0.5, 0.6) is 0 Å². The van der Waals surface area contributed by atoms with Crippen LogP contribution in [-0.4, -0.2) is 10.1 Å². The topological polar surface area (TPSA) is 33.1 Å². The molecule has 0 aliphatic carbocycles. The van der Waals surface area contributed by atoms with Gasteiger partial charge in [0.1, 0.15) is 0 Å². The van der Waals surface area contributed by atoms with E-state index in [0.29, 0.717) is 0 Å². The predicted octanol–water partition coefficient (Wildman–Crippen LogP) is 3.94. The molecule has 2 nitrogen and oxygen atoms in total. The molecule has 5 heteroatoms. The predicted molar refractivity (Wildman–Crippen MR) is 73.6 cm³/mol. The van der Waals surface area contributed by atoms with Crippen molar-refractivity contribution in [3.63, 3.8) is 0 Å². The number of aliphatic hydroxyl groups is 1. The van der Waals surface area contributed by atoms with E-state index < -0.39 is 17.3 Å². The molecule has 0 bridgehead atoms. The van der Waals surface area contributed by atoms with Crippen LogP contribution in [0.4, 0.5) is 13.2 Å². The zero-order valence-corrected chi connectivity index (χ0v) is 11.6. The lowest BCUT2D eigenvalue weighted by molar-refractivity contribution is -0.141. The van der Waals surface area contributed by atoms with Gasteiger partial charge in [-0.2, -0.15) is 13.2 Å². The Morgan fingerprint density at radius 2 is 1.71 bits per heavy atom. The molecule has 1 aromatic carbocycles. The van der Waals surface area contributed by atoms with Crippen LogP contribution in [0.1, 0.15) is 30.0 Å². The molecule has 21 heavy (non-hydrogen) atoms. The van der Waals surface area contributed by atoms with E-state index in [1.807, 2.05) is 6.07 Å². The smallest absolute Gasteiger partial charge is 0.385 e. The third-order valence-corrected chi connectivity index (χ3v) is 3.55. The van der Waals surface area contributed by atoms with Gasteiger partial charge in [0.15, 0.2) is 0 Å². The molecule has 0 saturated carbocycles. The minimum atomic E-state index is -4.52. The summed E-state index contributed by atoms with van der Waals surface area (Å²) in [6.07, 6.45) is -2.05. The van der Waals surface area contributed by atoms with Crippen LogP contribution in [0.2, 0.25) is 0 Å². The van der Waals surface area contributed by atoms with E-state index in [0.717, 1.165) is 24.0 Å². The number of nitrogens with zero attached hydrogens (tertiary/aromatic N) is 1. The Morgan fingerprint density at radius 1 is 1.05 bits per heavy atom. The average molecular weight is 295 g/mol. The van der Waals surface area contributed by atoms with Gasteiger partial charge in [-0.1, -0.05) is 37.3 Å². The van der Waals surface area contributed by atoms with E-state index >= 15 is 0 Å². The van der Waals surface area contributed by atoms with Crippen molar-refractivity contribution in [1.82, 2.24) is 4.98 Å². The highest BCUT2D eigenvalue weighted by Gasteiger charge is 2.40. The summed E-state index contributed by atoms with van der Waals surface area (Å²) < 4.78 is 39.3. The van der Waals surface area contributed by atoms with Crippen molar-refractivity contribution in [1.29, 1.82) is 0 Å². The number of rotatable bonds is 4. The summed E-state index contributed by atoms with van der Waals surface area (Å²) >= 11 is 0. The third kappa shape index (κ3) is 3.42. The van der Waals surface area contributed by atoms with Crippen LogP contribution in [0.25, 0.3) is 0 Å². The van der Waals surface area contributed by atoms with Crippen molar-refractivity contribution < 1.29 is 18.3 Å². The molecule has 2 aromatic rings. The minimum Gasteiger partial charge on any atom is -0.385 e. The normalized spacial score (nSPS) is 14.7. The van der Waals surface area contributed by atoms with Crippen LogP contribution in [0, 0.1) is 0 Å². The van der Waals surface area contributed by atoms with Crippen LogP contribution in [0.3, 0.4) is 0 Å². The zero-order valence-electron chi connectivity index (χ0n) is 11.6. The quantitative estimate of drug-likeness (QED) is 0.926. The number of hydrogen-bond acceptors (Lipinski definition) is 2. The van der Waals surface area contributed by atoms with Crippen molar-refractivity contribution in [2.24, 2.45) is 0 Å². The van der Waals surface area contributed by atoms with Crippen LogP contribution >= 0.6 is 0 Å². The Hall–Kier alpha value is -1.88. The Labute approximate surface area is 121 Å². The van der Waals surface area contributed by atoms with E-state index in [2.05, 4.69) is 4.98 Å². The maximum Gasteiger partial charge on any atom is 0.416 e. The fourth-order valence-corrected chi connectivity index (χ4v) is 2.36. The highest BCUT2D eigenvalue weighted by atomic mass is 19.4. The standard InChI is InChI=1S/C16H16F3NO/c1-2-15(21,10-12-6-4-3-5-7-12)14-11-20-9-8-13(14)16(17,18)19/h3-9,11,21H,2,10H2,1H3. The number of aromatic nitrogens is 1. The summed E-state index contributed by atoms with van der Waals surface area (Å²) in [7, 11) is 0. The van der Waals surface area contributed by atoms with E-state index in [9.17, 15) is 18.3 Å². The maximum absolute atomic E-state index is 13.1. The summed E-state index contributed by atoms with van der Waals surface area (Å²) in [4.78, 5) is 3.75. The summed E-state index contributed by atoms with van der Waals surface area (Å²) in [5.74, 6) is 0. The number of benzene rings is 1. The lowest BCUT2D eigenvalue weighted by Crippen LogP contribution is -2.31. The van der Waals surface area contributed by atoms with Gasteiger partial charge in [-0.3, -0.25) is 4.98 Å². The van der Waals surface area contributed by atoms with Crippen molar-refractivity contribution in [2.75, 3.05) is 0 Å². The molecule has 0 radical (unpaired) electrons. The van der Waals surface area contributed by atoms with Gasteiger partial charge < -0.3 is 5.11 Å². The Bertz CT molecular complexity index is 598. The van der Waals surface area contributed by atoms with E-state index in [1.54, 1.807) is 31.2 Å². The second-order valence-corrected chi connectivity index (χ2v) is 4.97. The molecule has 0 aliphatic rings. The highest BCUT2D eigenvalue weighted by molar-refractivity contribution is 5.33. The van der Waals surface area contributed by atoms with Gasteiger partial charge >= 0.3 is 6.18 Å². The second kappa shape index (κ2) is 5.85. The third-order valence-electron chi connectivity index (χ3n) is 3.55. The molecule has 2 rings (SSSR count). The molecule has 0 amide bonds. The van der Waals surface area contributed by atoms with E-state index in [1.165, 1.54) is 0 Å². The molecule has 0 fully saturated rings. The van der Waals surface area contributed by atoms with Gasteiger partial charge in [-0.05, 0) is 18.1 Å². The second-order valence-electron chi connectivity index (χ2n) is 4.97. The molecule has 1 heterocycles. The monoisotopic (exact) mass is 295 g/mol. The van der Waals surface area contributed by atoms with Crippen molar-refractivity contribution in [3.05, 3.63) is 65.5 Å². The summed E-state index contributed by atoms with van der Waals surface area (Å²) in [6.45, 7) is 1.66. The van der Waals surface area contributed by atoms with Crippen molar-refractivity contribution >= 4 is 0 Å². The van der Waals surface area contributed by atoms with Crippen LogP contribution < -0.4 is 0 Å². The van der Waals surface area contributed by atoms with Gasteiger partial charge in [-0.15, -0.1) is 0 Å². The van der Waals surface area contributed by atoms with Crippen molar-refractivity contribution in [3.8, 4) is 0 Å². The fourth-order valence-electron chi connectivity index (χ4n) is 2.36. The van der Waals surface area contributed by atoms with Gasteiger partial charge in [0, 0.05) is 24.4 Å². The SMILES string of the molecule is CCC(O)(Cc1ccccc1)c1cnccc1C(F)(F)F. The molecule has 1 aromatic heterocycles. The summed E-state index contributed by atoms with van der Waals surface area (Å²) in [5, 5.41) is 10.7. The first kappa shape index (κ1) is 15.5. The summed E-state index contributed by atoms with van der Waals surface area (Å²) in [6, 6.07) is 9.87. The average Bonchev–Trinajstić information content (AvgIpc) is 2.47. The molecule has 0 aliphatic heterocycles. The van der Waals surface area contributed by atoms with Gasteiger partial charge in [0.25, 0.3) is 0 Å². The first-order valence-corrected chi connectivity index (χ1v) is 6.65. The maximum atomic E-state index is 13.1. The number of hydrogen-bond donors (Lipinski definition) is 1. The van der Waals surface area contributed by atoms with Crippen LogP contribution in [-0.2, 0) is 18.2 Å². The first-order valence-electron chi connectivity index (χ1n) is 6.65. The van der Waals surface area contributed by atoms with Gasteiger partial charge in [0.05, 0.1) is 11.2 Å². The molecular weight excluding hydrogens is 279 g/mol. The molecule has 112 valence electrons. The fraction of sp³-hybridized carbons (Fsp3) is 0.312. The molecule has 0 spiro atoms. The lowest BCUT2D eigenvalue weighted by atomic mass is 9.83. The largest absolute Gasteiger partial charge is 0.416 e. The van der Waals surface area contributed by atoms with Crippen molar-refractivity contribution in [2.45, 2.75) is 31.5 Å². The number of alkyl halides is 3. The Kier molecular flexibility index (Phi) is 4.32. The molecule has 1 N–H and O–H groups in total. The lowest BCUT2D eigenvalue weighted by Gasteiger charge is -2.30. The molecule has 1 atom stereocenters. The van der Waals surface area contributed by atoms with E-state index in [4.69, 9.17) is 0 Å². The summed E-state index contributed by atoms with van der Waals surface area (Å²) in [5.41, 5.74) is -1.83. The molecular formula is C16H16F3NO. The first-order chi connectivity index (χ1) is 9.87. The minimum absolute atomic E-state index is 0.110. The zero-order chi connectivity index (χ0) is 15.5. The highest BCUT2D eigenvalue weighted by Crippen LogP contribution is 2.39. The number of pyridine rings is 1. The van der Waals surface area contributed by atoms with Gasteiger partial charge in [0.2, 0.25) is 0 Å².